The lowest BCUT2D eigenvalue weighted by atomic mass is 10.1. The lowest BCUT2D eigenvalue weighted by Crippen LogP contribution is -2.20. The maximum atomic E-state index is 12.8. The summed E-state index contributed by atoms with van der Waals surface area (Å²) >= 11 is 5.30. The number of fused-ring (bicyclic) bond motifs is 1. The Balaban J connectivity index is 2.12. The maximum absolute atomic E-state index is 12.8. The highest BCUT2D eigenvalue weighted by atomic mass is 32.1. The van der Waals surface area contributed by atoms with Gasteiger partial charge in [-0.3, -0.25) is 0 Å². The van der Waals surface area contributed by atoms with Gasteiger partial charge in [0.2, 0.25) is 0 Å². The predicted octanol–water partition coefficient (Wildman–Crippen LogP) is 4.46. The lowest BCUT2D eigenvalue weighted by Gasteiger charge is -2.20. The van der Waals surface area contributed by atoms with Gasteiger partial charge in [0.1, 0.15) is 0 Å². The third-order valence-corrected chi connectivity index (χ3v) is 4.39. The number of aromatic nitrogens is 2. The van der Waals surface area contributed by atoms with Crippen molar-refractivity contribution in [3.8, 4) is 0 Å². The molecule has 1 fully saturated rings. The SMILES string of the molecule is COC1CCCC1n1c(=S)[nH]c2cc(C(F)(F)F)ccc21. The van der Waals surface area contributed by atoms with E-state index >= 15 is 0 Å². The van der Waals surface area contributed by atoms with Crippen LogP contribution in [0.15, 0.2) is 18.2 Å². The number of nitrogens with zero attached hydrogens (tertiary/aromatic N) is 1. The summed E-state index contributed by atoms with van der Waals surface area (Å²) in [4.78, 5) is 2.88. The van der Waals surface area contributed by atoms with Crippen molar-refractivity contribution < 1.29 is 17.9 Å². The Labute approximate surface area is 124 Å². The van der Waals surface area contributed by atoms with E-state index in [1.807, 2.05) is 4.57 Å². The van der Waals surface area contributed by atoms with Crippen LogP contribution in [0.2, 0.25) is 0 Å². The molecule has 1 aromatic carbocycles. The number of H-pyrrole nitrogens is 1. The van der Waals surface area contributed by atoms with Crippen molar-refractivity contribution in [3.63, 3.8) is 0 Å². The monoisotopic (exact) mass is 316 g/mol. The minimum absolute atomic E-state index is 0.0537. The summed E-state index contributed by atoms with van der Waals surface area (Å²) in [5.41, 5.74) is 0.437. The second-order valence-electron chi connectivity index (χ2n) is 5.30. The van der Waals surface area contributed by atoms with Crippen LogP contribution in [0.25, 0.3) is 11.0 Å². The molecule has 0 amide bonds. The molecule has 1 saturated carbocycles. The topological polar surface area (TPSA) is 29.9 Å². The first-order valence-electron chi connectivity index (χ1n) is 6.76. The molecule has 1 aliphatic carbocycles. The van der Waals surface area contributed by atoms with E-state index in [9.17, 15) is 13.2 Å². The molecule has 1 aliphatic rings. The quantitative estimate of drug-likeness (QED) is 0.829. The summed E-state index contributed by atoms with van der Waals surface area (Å²) < 4.78 is 46.1. The molecule has 0 bridgehead atoms. The van der Waals surface area contributed by atoms with Crippen LogP contribution in [-0.4, -0.2) is 22.8 Å². The Morgan fingerprint density at radius 2 is 2.10 bits per heavy atom. The smallest absolute Gasteiger partial charge is 0.379 e. The van der Waals surface area contributed by atoms with Crippen LogP contribution in [-0.2, 0) is 10.9 Å². The third-order valence-electron chi connectivity index (χ3n) is 4.10. The molecule has 3 rings (SSSR count). The van der Waals surface area contributed by atoms with E-state index < -0.39 is 11.7 Å². The Hall–Kier alpha value is -1.34. The predicted molar refractivity (Wildman–Crippen MR) is 75.8 cm³/mol. The fourth-order valence-electron chi connectivity index (χ4n) is 3.11. The standard InChI is InChI=1S/C14H15F3N2OS/c1-20-12-4-2-3-11(12)19-10-6-5-8(14(15,16)17)7-9(10)18-13(19)21/h5-7,11-12H,2-4H2,1H3,(H,18,21). The molecule has 7 heteroatoms. The second kappa shape index (κ2) is 5.14. The molecular formula is C14H15F3N2OS. The molecule has 114 valence electrons. The Morgan fingerprint density at radius 3 is 2.76 bits per heavy atom. The Morgan fingerprint density at radius 1 is 1.33 bits per heavy atom. The van der Waals surface area contributed by atoms with Crippen LogP contribution in [0, 0.1) is 4.77 Å². The Bertz CT molecular complexity index is 719. The van der Waals surface area contributed by atoms with Gasteiger partial charge < -0.3 is 14.3 Å². The molecule has 1 aromatic heterocycles. The molecule has 21 heavy (non-hydrogen) atoms. The molecule has 3 nitrogen and oxygen atoms in total. The number of alkyl halides is 3. The number of hydrogen-bond donors (Lipinski definition) is 1. The highest BCUT2D eigenvalue weighted by molar-refractivity contribution is 7.71. The highest BCUT2D eigenvalue weighted by Gasteiger charge is 2.33. The van der Waals surface area contributed by atoms with Crippen molar-refractivity contribution in [2.45, 2.75) is 37.6 Å². The van der Waals surface area contributed by atoms with Crippen molar-refractivity contribution in [1.82, 2.24) is 9.55 Å². The zero-order valence-corrected chi connectivity index (χ0v) is 12.2. The summed E-state index contributed by atoms with van der Waals surface area (Å²) in [6.07, 6.45) is -1.42. The maximum Gasteiger partial charge on any atom is 0.416 e. The summed E-state index contributed by atoms with van der Waals surface area (Å²) in [6, 6.07) is 3.76. The molecule has 1 N–H and O–H groups in total. The Kier molecular flexibility index (Phi) is 3.57. The first kappa shape index (κ1) is 14.6. The van der Waals surface area contributed by atoms with Crippen molar-refractivity contribution in [3.05, 3.63) is 28.5 Å². The number of halogens is 3. The first-order valence-corrected chi connectivity index (χ1v) is 7.17. The molecule has 0 spiro atoms. The number of rotatable bonds is 2. The number of benzene rings is 1. The van der Waals surface area contributed by atoms with Gasteiger partial charge >= 0.3 is 6.18 Å². The molecule has 0 aliphatic heterocycles. The van der Waals surface area contributed by atoms with Crippen molar-refractivity contribution in [2.75, 3.05) is 7.11 Å². The van der Waals surface area contributed by atoms with E-state index in [-0.39, 0.29) is 12.1 Å². The van der Waals surface area contributed by atoms with Crippen LogP contribution >= 0.6 is 12.2 Å². The van der Waals surface area contributed by atoms with Gasteiger partial charge in [-0.15, -0.1) is 0 Å². The van der Waals surface area contributed by atoms with E-state index in [1.54, 1.807) is 7.11 Å². The van der Waals surface area contributed by atoms with Crippen molar-refractivity contribution in [2.24, 2.45) is 0 Å². The van der Waals surface area contributed by atoms with Crippen LogP contribution in [0.4, 0.5) is 13.2 Å². The van der Waals surface area contributed by atoms with Gasteiger partial charge in [0.05, 0.1) is 28.7 Å². The molecule has 2 aromatic rings. The van der Waals surface area contributed by atoms with E-state index in [0.717, 1.165) is 31.4 Å². The number of hydrogen-bond acceptors (Lipinski definition) is 2. The number of aromatic amines is 1. The van der Waals surface area contributed by atoms with E-state index in [0.29, 0.717) is 15.8 Å². The third kappa shape index (κ3) is 2.48. The molecule has 2 unspecified atom stereocenters. The summed E-state index contributed by atoms with van der Waals surface area (Å²) in [7, 11) is 1.66. The number of nitrogens with one attached hydrogen (secondary N) is 1. The van der Waals surface area contributed by atoms with Gasteiger partial charge in [-0.05, 0) is 49.7 Å². The summed E-state index contributed by atoms with van der Waals surface area (Å²) in [5.74, 6) is 0. The minimum atomic E-state index is -4.35. The number of methoxy groups -OCH3 is 1. The van der Waals surface area contributed by atoms with Gasteiger partial charge in [-0.2, -0.15) is 13.2 Å². The zero-order valence-electron chi connectivity index (χ0n) is 11.4. The van der Waals surface area contributed by atoms with Crippen molar-refractivity contribution in [1.29, 1.82) is 0 Å². The largest absolute Gasteiger partial charge is 0.416 e. The molecule has 0 radical (unpaired) electrons. The highest BCUT2D eigenvalue weighted by Crippen LogP contribution is 2.36. The normalized spacial score (nSPS) is 23.0. The summed E-state index contributed by atoms with van der Waals surface area (Å²) in [5, 5.41) is 0. The van der Waals surface area contributed by atoms with Crippen LogP contribution < -0.4 is 0 Å². The lowest BCUT2D eigenvalue weighted by molar-refractivity contribution is -0.137. The molecule has 2 atom stereocenters. The van der Waals surface area contributed by atoms with Gasteiger partial charge in [0.15, 0.2) is 4.77 Å². The van der Waals surface area contributed by atoms with Gasteiger partial charge in [0.25, 0.3) is 0 Å². The second-order valence-corrected chi connectivity index (χ2v) is 5.69. The first-order chi connectivity index (χ1) is 9.91. The molecule has 0 saturated heterocycles. The van der Waals surface area contributed by atoms with E-state index in [2.05, 4.69) is 4.98 Å². The van der Waals surface area contributed by atoms with E-state index in [1.165, 1.54) is 6.07 Å². The summed E-state index contributed by atoms with van der Waals surface area (Å²) in [6.45, 7) is 0. The van der Waals surface area contributed by atoms with E-state index in [4.69, 9.17) is 17.0 Å². The average molecular weight is 316 g/mol. The van der Waals surface area contributed by atoms with Gasteiger partial charge in [-0.25, -0.2) is 0 Å². The van der Waals surface area contributed by atoms with Gasteiger partial charge in [-0.1, -0.05) is 0 Å². The fraction of sp³-hybridized carbons (Fsp3) is 0.500. The van der Waals surface area contributed by atoms with Crippen molar-refractivity contribution >= 4 is 23.3 Å². The fourth-order valence-corrected chi connectivity index (χ4v) is 3.46. The van der Waals surface area contributed by atoms with Crippen LogP contribution in [0.1, 0.15) is 30.9 Å². The average Bonchev–Trinajstić information content (AvgIpc) is 2.98. The van der Waals surface area contributed by atoms with Crippen LogP contribution in [0.5, 0.6) is 0 Å². The molecular weight excluding hydrogens is 301 g/mol. The zero-order chi connectivity index (χ0) is 15.2. The number of ether oxygens (including phenoxy) is 1. The number of imidazole rings is 1. The van der Waals surface area contributed by atoms with Gasteiger partial charge in [0, 0.05) is 7.11 Å². The molecule has 1 heterocycles. The van der Waals surface area contributed by atoms with Crippen LogP contribution in [0.3, 0.4) is 0 Å². The minimum Gasteiger partial charge on any atom is -0.379 e.